The van der Waals surface area contributed by atoms with Crippen molar-refractivity contribution in [1.29, 1.82) is 0 Å². The minimum Gasteiger partial charge on any atom is -0.352 e. The van der Waals surface area contributed by atoms with E-state index in [1.54, 1.807) is 30.3 Å². The van der Waals surface area contributed by atoms with Crippen LogP contribution in [0.1, 0.15) is 27.6 Å². The van der Waals surface area contributed by atoms with Gasteiger partial charge in [-0.25, -0.2) is 0 Å². The van der Waals surface area contributed by atoms with Crippen LogP contribution >= 0.6 is 22.6 Å². The number of rotatable bonds is 4. The van der Waals surface area contributed by atoms with Gasteiger partial charge in [0.1, 0.15) is 0 Å². The van der Waals surface area contributed by atoms with E-state index in [2.05, 4.69) is 33.2 Å². The molecule has 2 N–H and O–H groups in total. The Balaban J connectivity index is 2.06. The van der Waals surface area contributed by atoms with Crippen LogP contribution in [-0.2, 0) is 0 Å². The minimum absolute atomic E-state index is 0.118. The number of anilines is 1. The molecule has 2 aromatic rings. The lowest BCUT2D eigenvalue weighted by Crippen LogP contribution is -2.22. The highest BCUT2D eigenvalue weighted by Gasteiger charge is 2.07. The Labute approximate surface area is 137 Å². The number of amides is 2. The Bertz CT molecular complexity index is 654. The van der Waals surface area contributed by atoms with Crippen LogP contribution in [0.2, 0.25) is 0 Å². The SMILES string of the molecule is CCNC(=O)c1ccc(NC(=O)c2cccc(I)c2)cc1. The van der Waals surface area contributed by atoms with Crippen LogP contribution < -0.4 is 10.6 Å². The molecule has 21 heavy (non-hydrogen) atoms. The lowest BCUT2D eigenvalue weighted by molar-refractivity contribution is 0.0955. The molecule has 0 aliphatic heterocycles. The lowest BCUT2D eigenvalue weighted by Gasteiger charge is -2.07. The first-order chi connectivity index (χ1) is 10.1. The number of hydrogen-bond donors (Lipinski definition) is 2. The number of halogens is 1. The molecule has 0 aliphatic rings. The third kappa shape index (κ3) is 4.29. The van der Waals surface area contributed by atoms with Crippen molar-refractivity contribution in [3.8, 4) is 0 Å². The Morgan fingerprint density at radius 1 is 1.00 bits per heavy atom. The standard InChI is InChI=1S/C16H15IN2O2/c1-2-18-15(20)11-6-8-14(9-7-11)19-16(21)12-4-3-5-13(17)10-12/h3-10H,2H2,1H3,(H,18,20)(H,19,21). The fraction of sp³-hybridized carbons (Fsp3) is 0.125. The maximum Gasteiger partial charge on any atom is 0.255 e. The van der Waals surface area contributed by atoms with Crippen LogP contribution in [0.25, 0.3) is 0 Å². The average Bonchev–Trinajstić information content (AvgIpc) is 2.48. The number of nitrogens with one attached hydrogen (secondary N) is 2. The molecular weight excluding hydrogens is 379 g/mol. The first kappa shape index (κ1) is 15.5. The van der Waals surface area contributed by atoms with Gasteiger partial charge in [0.05, 0.1) is 0 Å². The summed E-state index contributed by atoms with van der Waals surface area (Å²) in [6, 6.07) is 14.2. The van der Waals surface area contributed by atoms with Crippen molar-refractivity contribution in [2.75, 3.05) is 11.9 Å². The largest absolute Gasteiger partial charge is 0.352 e. The first-order valence-electron chi connectivity index (χ1n) is 6.55. The van der Waals surface area contributed by atoms with E-state index in [0.717, 1.165) is 3.57 Å². The van der Waals surface area contributed by atoms with Crippen LogP contribution in [0.3, 0.4) is 0 Å². The van der Waals surface area contributed by atoms with Crippen LogP contribution in [0.4, 0.5) is 5.69 Å². The second-order valence-corrected chi connectivity index (χ2v) is 5.65. The van der Waals surface area contributed by atoms with Gasteiger partial charge in [0.25, 0.3) is 11.8 Å². The molecule has 5 heteroatoms. The normalized spacial score (nSPS) is 10.0. The highest BCUT2D eigenvalue weighted by molar-refractivity contribution is 14.1. The fourth-order valence-corrected chi connectivity index (χ4v) is 2.34. The van der Waals surface area contributed by atoms with Gasteiger partial charge in [0, 0.05) is 26.9 Å². The van der Waals surface area contributed by atoms with Gasteiger partial charge in [0.15, 0.2) is 0 Å². The summed E-state index contributed by atoms with van der Waals surface area (Å²) in [5.74, 6) is -0.285. The second kappa shape index (κ2) is 7.21. The topological polar surface area (TPSA) is 58.2 Å². The molecule has 0 aromatic heterocycles. The summed E-state index contributed by atoms with van der Waals surface area (Å²) in [6.07, 6.45) is 0. The molecule has 0 spiro atoms. The summed E-state index contributed by atoms with van der Waals surface area (Å²) in [4.78, 5) is 23.7. The molecule has 0 fully saturated rings. The van der Waals surface area contributed by atoms with Crippen molar-refractivity contribution < 1.29 is 9.59 Å². The second-order valence-electron chi connectivity index (χ2n) is 4.40. The van der Waals surface area contributed by atoms with Crippen molar-refractivity contribution >= 4 is 40.1 Å². The number of carbonyl (C=O) groups excluding carboxylic acids is 2. The summed E-state index contributed by atoms with van der Waals surface area (Å²) in [5, 5.41) is 5.54. The van der Waals surface area contributed by atoms with Gasteiger partial charge in [-0.2, -0.15) is 0 Å². The summed E-state index contributed by atoms with van der Waals surface area (Å²) >= 11 is 2.16. The third-order valence-corrected chi connectivity index (χ3v) is 3.50. The highest BCUT2D eigenvalue weighted by atomic mass is 127. The van der Waals surface area contributed by atoms with Gasteiger partial charge in [-0.3, -0.25) is 9.59 Å². The highest BCUT2D eigenvalue weighted by Crippen LogP contribution is 2.13. The van der Waals surface area contributed by atoms with Crippen molar-refractivity contribution in [3.05, 3.63) is 63.2 Å². The molecule has 0 bridgehead atoms. The van der Waals surface area contributed by atoms with Crippen LogP contribution in [-0.4, -0.2) is 18.4 Å². The molecule has 0 saturated heterocycles. The van der Waals surface area contributed by atoms with Gasteiger partial charge in [0.2, 0.25) is 0 Å². The van der Waals surface area contributed by atoms with E-state index >= 15 is 0 Å². The molecule has 0 saturated carbocycles. The van der Waals surface area contributed by atoms with E-state index < -0.39 is 0 Å². The Morgan fingerprint density at radius 3 is 2.33 bits per heavy atom. The molecule has 0 radical (unpaired) electrons. The molecule has 2 amide bonds. The minimum atomic E-state index is -0.167. The molecule has 2 rings (SSSR count). The lowest BCUT2D eigenvalue weighted by atomic mass is 10.1. The van der Waals surface area contributed by atoms with Gasteiger partial charge in [-0.15, -0.1) is 0 Å². The Hall–Kier alpha value is -1.89. The number of carbonyl (C=O) groups is 2. The van der Waals surface area contributed by atoms with Crippen molar-refractivity contribution in [2.24, 2.45) is 0 Å². The first-order valence-corrected chi connectivity index (χ1v) is 7.63. The van der Waals surface area contributed by atoms with E-state index in [1.807, 2.05) is 25.1 Å². The van der Waals surface area contributed by atoms with E-state index in [0.29, 0.717) is 23.4 Å². The number of hydrogen-bond acceptors (Lipinski definition) is 2. The van der Waals surface area contributed by atoms with E-state index in [4.69, 9.17) is 0 Å². The van der Waals surface area contributed by atoms with Crippen molar-refractivity contribution in [1.82, 2.24) is 5.32 Å². The summed E-state index contributed by atoms with van der Waals surface area (Å²) in [7, 11) is 0. The zero-order chi connectivity index (χ0) is 15.2. The summed E-state index contributed by atoms with van der Waals surface area (Å²) in [6.45, 7) is 2.46. The molecule has 2 aromatic carbocycles. The predicted molar refractivity (Wildman–Crippen MR) is 91.6 cm³/mol. The van der Waals surface area contributed by atoms with Gasteiger partial charge >= 0.3 is 0 Å². The molecule has 0 aliphatic carbocycles. The average molecular weight is 394 g/mol. The number of benzene rings is 2. The molecule has 4 nitrogen and oxygen atoms in total. The Morgan fingerprint density at radius 2 is 1.71 bits per heavy atom. The van der Waals surface area contributed by atoms with E-state index in [1.165, 1.54) is 0 Å². The third-order valence-electron chi connectivity index (χ3n) is 2.83. The quantitative estimate of drug-likeness (QED) is 0.782. The fourth-order valence-electron chi connectivity index (χ4n) is 1.80. The monoisotopic (exact) mass is 394 g/mol. The molecule has 0 atom stereocenters. The van der Waals surface area contributed by atoms with Gasteiger partial charge < -0.3 is 10.6 Å². The zero-order valence-electron chi connectivity index (χ0n) is 11.5. The van der Waals surface area contributed by atoms with Crippen LogP contribution in [0, 0.1) is 3.57 Å². The van der Waals surface area contributed by atoms with Crippen LogP contribution in [0.5, 0.6) is 0 Å². The Kier molecular flexibility index (Phi) is 5.32. The molecular formula is C16H15IN2O2. The maximum atomic E-state index is 12.1. The maximum absolute atomic E-state index is 12.1. The van der Waals surface area contributed by atoms with E-state index in [-0.39, 0.29) is 11.8 Å². The van der Waals surface area contributed by atoms with Crippen molar-refractivity contribution in [3.63, 3.8) is 0 Å². The van der Waals surface area contributed by atoms with Gasteiger partial charge in [-0.05, 0) is 72.0 Å². The zero-order valence-corrected chi connectivity index (χ0v) is 13.7. The van der Waals surface area contributed by atoms with Crippen molar-refractivity contribution in [2.45, 2.75) is 6.92 Å². The molecule has 0 unspecified atom stereocenters. The molecule has 108 valence electrons. The summed E-state index contributed by atoms with van der Waals surface area (Å²) < 4.78 is 1.01. The van der Waals surface area contributed by atoms with E-state index in [9.17, 15) is 9.59 Å². The summed E-state index contributed by atoms with van der Waals surface area (Å²) in [5.41, 5.74) is 1.84. The smallest absolute Gasteiger partial charge is 0.255 e. The predicted octanol–water partition coefficient (Wildman–Crippen LogP) is 3.29. The van der Waals surface area contributed by atoms with Gasteiger partial charge in [-0.1, -0.05) is 6.07 Å². The van der Waals surface area contributed by atoms with Crippen LogP contribution in [0.15, 0.2) is 48.5 Å². The molecule has 0 heterocycles.